The van der Waals surface area contributed by atoms with Crippen LogP contribution in [0.2, 0.25) is 10.0 Å². The number of carbonyl (C=O) groups is 2. The van der Waals surface area contributed by atoms with E-state index >= 15 is 0 Å². The van der Waals surface area contributed by atoms with Gasteiger partial charge in [-0.3, -0.25) is 9.59 Å². The number of esters is 1. The van der Waals surface area contributed by atoms with Crippen molar-refractivity contribution in [2.45, 2.75) is 11.3 Å². The molecule has 3 aromatic rings. The number of nitrogens with one attached hydrogen (secondary N) is 1. The highest BCUT2D eigenvalue weighted by atomic mass is 35.5. The topological polar surface area (TPSA) is 89.5 Å². The minimum atomic E-state index is -3.79. The summed E-state index contributed by atoms with van der Waals surface area (Å²) in [5.74, 6) is -1.20. The van der Waals surface area contributed by atoms with Crippen molar-refractivity contribution in [1.29, 1.82) is 0 Å². The van der Waals surface area contributed by atoms with E-state index in [1.807, 2.05) is 24.3 Å². The van der Waals surface area contributed by atoms with Crippen molar-refractivity contribution in [1.82, 2.24) is 4.72 Å². The Bertz CT molecular complexity index is 1210. The van der Waals surface area contributed by atoms with Crippen molar-refractivity contribution in [3.05, 3.63) is 76.3 Å². The van der Waals surface area contributed by atoms with Gasteiger partial charge in [-0.25, -0.2) is 13.1 Å². The van der Waals surface area contributed by atoms with Crippen LogP contribution in [-0.4, -0.2) is 33.3 Å². The Morgan fingerprint density at radius 1 is 0.933 bits per heavy atom. The summed E-state index contributed by atoms with van der Waals surface area (Å²) < 4.78 is 32.1. The summed E-state index contributed by atoms with van der Waals surface area (Å²) in [5.41, 5.74) is 0.186. The Balaban J connectivity index is 1.51. The zero-order valence-corrected chi connectivity index (χ0v) is 17.9. The van der Waals surface area contributed by atoms with E-state index in [9.17, 15) is 18.0 Å². The molecule has 0 spiro atoms. The van der Waals surface area contributed by atoms with E-state index in [1.54, 1.807) is 12.1 Å². The summed E-state index contributed by atoms with van der Waals surface area (Å²) >= 11 is 11.7. The molecule has 0 saturated carbocycles. The molecular weight excluding hydrogens is 449 g/mol. The number of Topliss-reactive ketones (excluding diaryl/α,β-unsaturated/α-hetero) is 1. The number of ether oxygens (including phenoxy) is 1. The first-order valence-corrected chi connectivity index (χ1v) is 11.1. The molecule has 3 aromatic carbocycles. The predicted octanol–water partition coefficient (Wildman–Crippen LogP) is 4.24. The third-order valence-electron chi connectivity index (χ3n) is 4.25. The normalized spacial score (nSPS) is 11.4. The minimum Gasteiger partial charge on any atom is -0.457 e. The van der Waals surface area contributed by atoms with Gasteiger partial charge in [-0.15, -0.1) is 0 Å². The van der Waals surface area contributed by atoms with Gasteiger partial charge in [0.25, 0.3) is 0 Å². The molecule has 0 atom stereocenters. The predicted molar refractivity (Wildman–Crippen MR) is 116 cm³/mol. The van der Waals surface area contributed by atoms with Crippen LogP contribution in [0.4, 0.5) is 0 Å². The van der Waals surface area contributed by atoms with Gasteiger partial charge in [0.05, 0.1) is 16.3 Å². The van der Waals surface area contributed by atoms with Gasteiger partial charge in [0.1, 0.15) is 0 Å². The van der Waals surface area contributed by atoms with Gasteiger partial charge in [-0.1, -0.05) is 53.5 Å². The summed E-state index contributed by atoms with van der Waals surface area (Å²) in [6, 6.07) is 16.5. The zero-order valence-electron chi connectivity index (χ0n) is 15.6. The Labute approximate surface area is 183 Å². The smallest absolute Gasteiger partial charge is 0.307 e. The van der Waals surface area contributed by atoms with Gasteiger partial charge in [0.15, 0.2) is 6.61 Å². The van der Waals surface area contributed by atoms with Gasteiger partial charge < -0.3 is 4.74 Å². The van der Waals surface area contributed by atoms with Gasteiger partial charge in [0.2, 0.25) is 15.8 Å². The van der Waals surface area contributed by atoms with Crippen molar-refractivity contribution >= 4 is 55.8 Å². The van der Waals surface area contributed by atoms with E-state index in [0.717, 1.165) is 10.8 Å². The second-order valence-corrected chi connectivity index (χ2v) is 8.98. The highest BCUT2D eigenvalue weighted by molar-refractivity contribution is 7.89. The first-order valence-electron chi connectivity index (χ1n) is 8.88. The Morgan fingerprint density at radius 3 is 2.40 bits per heavy atom. The number of rotatable bonds is 8. The molecule has 9 heteroatoms. The maximum Gasteiger partial charge on any atom is 0.307 e. The van der Waals surface area contributed by atoms with E-state index in [-0.39, 0.29) is 28.4 Å². The van der Waals surface area contributed by atoms with Crippen LogP contribution in [0.5, 0.6) is 0 Å². The molecule has 0 bridgehead atoms. The Kier molecular flexibility index (Phi) is 7.10. The van der Waals surface area contributed by atoms with Crippen molar-refractivity contribution in [2.75, 3.05) is 13.2 Å². The standard InChI is InChI=1S/C21H17Cl2NO5S/c22-16-6-8-18(19(23)12-16)20(25)13-29-21(26)9-10-24-30(27,28)17-7-5-14-3-1-2-4-15(14)11-17/h1-8,11-12,24H,9-10,13H2. The SMILES string of the molecule is O=C(CCNS(=O)(=O)c1ccc2ccccc2c1)OCC(=O)c1ccc(Cl)cc1Cl. The van der Waals surface area contributed by atoms with Crippen LogP contribution in [0.25, 0.3) is 10.8 Å². The lowest BCUT2D eigenvalue weighted by Crippen LogP contribution is -2.27. The molecule has 0 radical (unpaired) electrons. The molecule has 156 valence electrons. The summed E-state index contributed by atoms with van der Waals surface area (Å²) in [5, 5.41) is 2.25. The maximum absolute atomic E-state index is 12.4. The molecule has 0 fully saturated rings. The van der Waals surface area contributed by atoms with Crippen LogP contribution in [0, 0.1) is 0 Å². The molecule has 0 unspecified atom stereocenters. The lowest BCUT2D eigenvalue weighted by molar-refractivity contribution is -0.142. The van der Waals surface area contributed by atoms with Crippen LogP contribution in [0.15, 0.2) is 65.6 Å². The lowest BCUT2D eigenvalue weighted by Gasteiger charge is -2.08. The van der Waals surface area contributed by atoms with Gasteiger partial charge >= 0.3 is 5.97 Å². The molecule has 0 aliphatic rings. The number of fused-ring (bicyclic) bond motifs is 1. The second-order valence-electron chi connectivity index (χ2n) is 6.36. The summed E-state index contributed by atoms with van der Waals surface area (Å²) in [6.45, 7) is -0.665. The van der Waals surface area contributed by atoms with Crippen molar-refractivity contribution in [2.24, 2.45) is 0 Å². The van der Waals surface area contributed by atoms with Gasteiger partial charge in [0, 0.05) is 17.1 Å². The quantitative estimate of drug-likeness (QED) is 0.396. The fraction of sp³-hybridized carbons (Fsp3) is 0.143. The third kappa shape index (κ3) is 5.58. The largest absolute Gasteiger partial charge is 0.457 e. The molecule has 0 aromatic heterocycles. The highest BCUT2D eigenvalue weighted by Crippen LogP contribution is 2.21. The van der Waals surface area contributed by atoms with Gasteiger partial charge in [-0.05, 0) is 41.1 Å². The fourth-order valence-electron chi connectivity index (χ4n) is 2.72. The minimum absolute atomic E-state index is 0.0992. The summed E-state index contributed by atoms with van der Waals surface area (Å²) in [7, 11) is -3.79. The molecule has 6 nitrogen and oxygen atoms in total. The average Bonchev–Trinajstić information content (AvgIpc) is 2.71. The molecule has 0 aliphatic carbocycles. The van der Waals surface area contributed by atoms with Crippen molar-refractivity contribution in [3.63, 3.8) is 0 Å². The number of hydrogen-bond donors (Lipinski definition) is 1. The average molecular weight is 466 g/mol. The molecule has 30 heavy (non-hydrogen) atoms. The fourth-order valence-corrected chi connectivity index (χ4v) is 4.30. The van der Waals surface area contributed by atoms with Crippen LogP contribution in [0.1, 0.15) is 16.8 Å². The van der Waals surface area contributed by atoms with Crippen LogP contribution >= 0.6 is 23.2 Å². The number of benzene rings is 3. The monoisotopic (exact) mass is 465 g/mol. The van der Waals surface area contributed by atoms with Crippen LogP contribution in [-0.2, 0) is 19.6 Å². The molecule has 0 aliphatic heterocycles. The lowest BCUT2D eigenvalue weighted by atomic mass is 10.1. The number of ketones is 1. The maximum atomic E-state index is 12.4. The van der Waals surface area contributed by atoms with Crippen molar-refractivity contribution < 1.29 is 22.7 Å². The summed E-state index contributed by atoms with van der Waals surface area (Å²) in [4.78, 5) is 24.0. The molecule has 3 rings (SSSR count). The number of sulfonamides is 1. The Hall–Kier alpha value is -2.45. The highest BCUT2D eigenvalue weighted by Gasteiger charge is 2.16. The molecule has 0 amide bonds. The number of hydrogen-bond acceptors (Lipinski definition) is 5. The second kappa shape index (κ2) is 9.57. The first kappa shape index (κ1) is 22.2. The van der Waals surface area contributed by atoms with E-state index in [0.29, 0.717) is 5.02 Å². The van der Waals surface area contributed by atoms with E-state index in [2.05, 4.69) is 4.72 Å². The van der Waals surface area contributed by atoms with Gasteiger partial charge in [-0.2, -0.15) is 0 Å². The van der Waals surface area contributed by atoms with E-state index < -0.39 is 28.4 Å². The molecule has 1 N–H and O–H groups in total. The third-order valence-corrected chi connectivity index (χ3v) is 6.25. The molecule has 0 heterocycles. The number of halogens is 2. The van der Waals surface area contributed by atoms with E-state index in [1.165, 1.54) is 24.3 Å². The number of carbonyl (C=O) groups excluding carboxylic acids is 2. The molecule has 0 saturated heterocycles. The zero-order chi connectivity index (χ0) is 21.7. The Morgan fingerprint density at radius 2 is 1.67 bits per heavy atom. The van der Waals surface area contributed by atoms with Crippen molar-refractivity contribution in [3.8, 4) is 0 Å². The first-order chi connectivity index (χ1) is 14.3. The van der Waals surface area contributed by atoms with Crippen LogP contribution in [0.3, 0.4) is 0 Å². The van der Waals surface area contributed by atoms with E-state index in [4.69, 9.17) is 27.9 Å². The van der Waals surface area contributed by atoms with Crippen LogP contribution < -0.4 is 4.72 Å². The summed E-state index contributed by atoms with van der Waals surface area (Å²) in [6.07, 6.45) is -0.228. The molecular formula is C21H17Cl2NO5S.